The molecule has 0 saturated heterocycles. The first kappa shape index (κ1) is 57.3. The van der Waals surface area contributed by atoms with Crippen LogP contribution < -0.4 is 0 Å². The van der Waals surface area contributed by atoms with Gasteiger partial charge in [0.05, 0.1) is 0 Å². The van der Waals surface area contributed by atoms with Crippen molar-refractivity contribution in [1.82, 2.24) is 0 Å². The van der Waals surface area contributed by atoms with Crippen molar-refractivity contribution in [2.75, 3.05) is 21.3 Å². The van der Waals surface area contributed by atoms with Crippen LogP contribution in [0.3, 0.4) is 0 Å². The number of unbranched alkanes of at least 4 members (excludes halogenated alkanes) is 12. The van der Waals surface area contributed by atoms with Crippen LogP contribution in [-0.2, 0) is 10.8 Å². The van der Waals surface area contributed by atoms with Gasteiger partial charge in [-0.3, -0.25) is 0 Å². The van der Waals surface area contributed by atoms with E-state index in [4.69, 9.17) is 0 Å². The van der Waals surface area contributed by atoms with Crippen molar-refractivity contribution >= 4 is 79.9 Å². The highest BCUT2D eigenvalue weighted by Crippen LogP contribution is 2.57. The van der Waals surface area contributed by atoms with E-state index in [0.717, 1.165) is 21.3 Å². The Morgan fingerprint density at radius 3 is 0.875 bits per heavy atom. The Hall–Kier alpha value is -2.43. The van der Waals surface area contributed by atoms with Gasteiger partial charge in [-0.05, 0) is 155 Å². The van der Waals surface area contributed by atoms with Gasteiger partial charge < -0.3 is 0 Å². The Bertz CT molecular complexity index is 2480. The van der Waals surface area contributed by atoms with Crippen LogP contribution in [0, 0.1) is 22.9 Å². The van der Waals surface area contributed by atoms with Gasteiger partial charge in [-0.25, -0.2) is 0 Å². The minimum atomic E-state index is -1.53. The summed E-state index contributed by atoms with van der Waals surface area (Å²) in [5.74, 6) is 7.32. The quantitative estimate of drug-likeness (QED) is 0.0224. The molecule has 6 heteroatoms. The van der Waals surface area contributed by atoms with E-state index in [2.05, 4.69) is 223 Å². The fourth-order valence-electron chi connectivity index (χ4n) is 11.7. The Labute approximate surface area is 473 Å². The van der Waals surface area contributed by atoms with Crippen molar-refractivity contribution in [3.8, 4) is 67.4 Å². The predicted octanol–water partition coefficient (Wildman–Crippen LogP) is 21.4. The molecule has 72 heavy (non-hydrogen) atoms. The van der Waals surface area contributed by atoms with E-state index < -0.39 is 16.1 Å². The van der Waals surface area contributed by atoms with Crippen LogP contribution in [0.4, 0.5) is 0 Å². The summed E-state index contributed by atoms with van der Waals surface area (Å²) in [5, 5.41) is 4.36. The molecule has 0 spiro atoms. The molecule has 5 aromatic carbocycles. The van der Waals surface area contributed by atoms with Crippen LogP contribution in [-0.4, -0.2) is 37.5 Å². The van der Waals surface area contributed by atoms with Crippen molar-refractivity contribution in [2.45, 2.75) is 179 Å². The molecule has 0 radical (unpaired) electrons. The third-order valence-electron chi connectivity index (χ3n) is 15.4. The van der Waals surface area contributed by atoms with Crippen molar-refractivity contribution in [3.63, 3.8) is 0 Å². The van der Waals surface area contributed by atoms with Crippen LogP contribution in [0.1, 0.15) is 162 Å². The topological polar surface area (TPSA) is 0 Å². The average molecular weight is 1250 g/mol. The molecule has 0 saturated carbocycles. The molecule has 0 atom stereocenters. The Morgan fingerprint density at radius 2 is 0.583 bits per heavy atom. The lowest BCUT2D eigenvalue weighted by Gasteiger charge is -2.33. The van der Waals surface area contributed by atoms with Crippen molar-refractivity contribution in [3.05, 3.63) is 130 Å². The second kappa shape index (κ2) is 27.1. The fraction of sp³-hybridized carbons (Fsp3) is 0.485. The summed E-state index contributed by atoms with van der Waals surface area (Å²) in [6.07, 6.45) is 24.9. The van der Waals surface area contributed by atoms with Gasteiger partial charge in [-0.15, -0.1) is 11.1 Å². The summed E-state index contributed by atoms with van der Waals surface area (Å²) in [6.45, 7) is 14.1. The Balaban J connectivity index is 1.27. The molecular formula is C66H82Br4Si2. The summed E-state index contributed by atoms with van der Waals surface area (Å²) in [7, 11) is -3.06. The lowest BCUT2D eigenvalue weighted by molar-refractivity contribution is 0.401. The number of benzene rings is 5. The predicted molar refractivity (Wildman–Crippen MR) is 338 cm³/mol. The van der Waals surface area contributed by atoms with E-state index >= 15 is 0 Å². The molecule has 2 aliphatic carbocycles. The van der Waals surface area contributed by atoms with E-state index in [-0.39, 0.29) is 10.8 Å². The highest BCUT2D eigenvalue weighted by atomic mass is 79.9. The first-order valence-corrected chi connectivity index (χ1v) is 39.2. The van der Waals surface area contributed by atoms with Gasteiger partial charge in [0.25, 0.3) is 0 Å². The molecule has 0 aliphatic heterocycles. The van der Waals surface area contributed by atoms with E-state index in [9.17, 15) is 0 Å². The van der Waals surface area contributed by atoms with Crippen molar-refractivity contribution in [1.29, 1.82) is 0 Å². The monoisotopic (exact) mass is 1250 g/mol. The first-order valence-electron chi connectivity index (χ1n) is 27.8. The number of fused-ring (bicyclic) bond motifs is 6. The van der Waals surface area contributed by atoms with Crippen molar-refractivity contribution < 1.29 is 0 Å². The summed E-state index contributed by atoms with van der Waals surface area (Å²) in [6, 6.07) is 39.0. The second-order valence-corrected chi connectivity index (χ2v) is 35.9. The van der Waals surface area contributed by atoms with Gasteiger partial charge in [-0.2, -0.15) is 0 Å². The smallest absolute Gasteiger partial charge is 0.127 e. The largest absolute Gasteiger partial charge is 0.129 e. The van der Waals surface area contributed by atoms with Gasteiger partial charge in [-0.1, -0.05) is 253 Å². The average Bonchev–Trinajstić information content (AvgIpc) is 3.79. The molecular weight excluding hydrogens is 1170 g/mol. The van der Waals surface area contributed by atoms with Crippen LogP contribution in [0.2, 0.25) is 39.3 Å². The molecule has 0 bridgehead atoms. The van der Waals surface area contributed by atoms with Gasteiger partial charge >= 0.3 is 0 Å². The number of hydrogen-bond donors (Lipinski definition) is 0. The van der Waals surface area contributed by atoms with Gasteiger partial charge in [0, 0.05) is 43.3 Å². The van der Waals surface area contributed by atoms with Crippen LogP contribution in [0.15, 0.2) is 97.1 Å². The number of hydrogen-bond acceptors (Lipinski definition) is 0. The summed E-state index contributed by atoms with van der Waals surface area (Å²) < 4.78 is 0. The maximum Gasteiger partial charge on any atom is 0.129 e. The zero-order valence-corrected chi connectivity index (χ0v) is 53.1. The molecule has 0 aromatic heterocycles. The zero-order valence-electron chi connectivity index (χ0n) is 44.7. The summed E-state index contributed by atoms with van der Waals surface area (Å²) in [4.78, 5) is 0. The van der Waals surface area contributed by atoms with Crippen molar-refractivity contribution in [2.24, 2.45) is 0 Å². The molecule has 2 aliphatic rings. The first-order chi connectivity index (χ1) is 34.8. The molecule has 0 N–H and O–H groups in total. The highest BCUT2D eigenvalue weighted by Gasteiger charge is 2.44. The standard InChI is InChI=1S/C66H82Br4Si2/c1-71(2,3)45-35-51-23-31-57-59-33-29-55(49-63(59)65(61(57)47-51,37-15-7-11-19-41-67)38-16-8-12-20-42-68)53-25-27-54(28-26-53)56-30-34-60-58-32-24-52(36-46-72(4,5)6)48-62(58)66(64(60)50-56,39-17-9-13-21-43-69)40-18-10-14-22-44-70/h23-34,47-50H,7-22,37-44H2,1-6H3. The molecule has 0 fully saturated rings. The normalized spacial score (nSPS) is 13.9. The molecule has 0 amide bonds. The lowest BCUT2D eigenvalue weighted by Crippen LogP contribution is -2.26. The van der Waals surface area contributed by atoms with Crippen LogP contribution >= 0.6 is 63.7 Å². The minimum Gasteiger partial charge on any atom is -0.127 e. The number of rotatable bonds is 26. The van der Waals surface area contributed by atoms with Crippen LogP contribution in [0.25, 0.3) is 44.5 Å². The third kappa shape index (κ3) is 14.5. The number of halogens is 4. The van der Waals surface area contributed by atoms with Gasteiger partial charge in [0.1, 0.15) is 16.1 Å². The number of alkyl halides is 4. The van der Waals surface area contributed by atoms with Gasteiger partial charge in [0.2, 0.25) is 0 Å². The maximum atomic E-state index is 3.70. The molecule has 382 valence electrons. The SMILES string of the molecule is C[Si](C)(C)C#Cc1ccc2c(c1)C(CCCCCCBr)(CCCCCCBr)c1cc(-c3ccc(-c4ccc5c(c4)C(CCCCCCBr)(CCCCCCBr)c4cc(C#C[Si](C)(C)C)ccc4-5)cc3)ccc1-2. The van der Waals surface area contributed by atoms with E-state index in [1.165, 1.54) is 195 Å². The maximum absolute atomic E-state index is 3.70. The third-order valence-corrected chi connectivity index (χ3v) is 19.4. The Morgan fingerprint density at radius 1 is 0.319 bits per heavy atom. The van der Waals surface area contributed by atoms with E-state index in [0.29, 0.717) is 0 Å². The molecule has 0 nitrogen and oxygen atoms in total. The van der Waals surface area contributed by atoms with E-state index in [1.54, 1.807) is 11.1 Å². The van der Waals surface area contributed by atoms with E-state index in [1.807, 2.05) is 0 Å². The Kier molecular flexibility index (Phi) is 21.5. The van der Waals surface area contributed by atoms with Crippen LogP contribution in [0.5, 0.6) is 0 Å². The minimum absolute atomic E-state index is 0.0156. The lowest BCUT2D eigenvalue weighted by atomic mass is 9.70. The molecule has 0 heterocycles. The second-order valence-electron chi connectivity index (χ2n) is 23.2. The molecule has 5 aromatic rings. The zero-order chi connectivity index (χ0) is 51.2. The summed E-state index contributed by atoms with van der Waals surface area (Å²) >= 11 is 14.8. The highest BCUT2D eigenvalue weighted by molar-refractivity contribution is 9.09. The molecule has 0 unspecified atom stereocenters. The van der Waals surface area contributed by atoms with Gasteiger partial charge in [0.15, 0.2) is 0 Å². The molecule has 7 rings (SSSR count). The fourth-order valence-corrected chi connectivity index (χ4v) is 14.3. The summed E-state index contributed by atoms with van der Waals surface area (Å²) in [5.41, 5.74) is 26.8.